The SMILES string of the molecule is CCOC(=O)C(Cc1ccccc1)N[C@@H](CC)C(=O)OCC. The van der Waals surface area contributed by atoms with Crippen molar-refractivity contribution in [2.24, 2.45) is 0 Å². The third-order valence-corrected chi connectivity index (χ3v) is 3.24. The van der Waals surface area contributed by atoms with E-state index in [0.29, 0.717) is 26.1 Å². The van der Waals surface area contributed by atoms with Crippen LogP contribution in [0.25, 0.3) is 0 Å². The van der Waals surface area contributed by atoms with Crippen molar-refractivity contribution in [1.29, 1.82) is 0 Å². The van der Waals surface area contributed by atoms with Crippen LogP contribution in [0.3, 0.4) is 0 Å². The zero-order chi connectivity index (χ0) is 16.4. The molecule has 0 aliphatic carbocycles. The Morgan fingerprint density at radius 1 is 0.955 bits per heavy atom. The zero-order valence-corrected chi connectivity index (χ0v) is 13.5. The molecule has 22 heavy (non-hydrogen) atoms. The van der Waals surface area contributed by atoms with Crippen LogP contribution in [0.4, 0.5) is 0 Å². The molecule has 5 heteroatoms. The smallest absolute Gasteiger partial charge is 0.323 e. The lowest BCUT2D eigenvalue weighted by molar-refractivity contribution is -0.149. The lowest BCUT2D eigenvalue weighted by Gasteiger charge is -2.22. The standard InChI is InChI=1S/C17H25NO4/c1-4-14(16(19)21-5-2)18-15(17(20)22-6-3)12-13-10-8-7-9-11-13/h7-11,14-15,18H,4-6,12H2,1-3H3/t14-,15?/m0/s1. The number of ether oxygens (including phenoxy) is 2. The van der Waals surface area contributed by atoms with Gasteiger partial charge in [0.05, 0.1) is 13.2 Å². The molecule has 0 radical (unpaired) electrons. The Bertz CT molecular complexity index is 461. The lowest BCUT2D eigenvalue weighted by atomic mass is 10.0. The molecule has 0 spiro atoms. The number of hydrogen-bond acceptors (Lipinski definition) is 5. The van der Waals surface area contributed by atoms with Crippen LogP contribution < -0.4 is 5.32 Å². The molecule has 1 aromatic carbocycles. The van der Waals surface area contributed by atoms with Crippen LogP contribution in [0.1, 0.15) is 32.8 Å². The monoisotopic (exact) mass is 307 g/mol. The van der Waals surface area contributed by atoms with Crippen LogP contribution in [-0.4, -0.2) is 37.2 Å². The molecule has 2 atom stereocenters. The van der Waals surface area contributed by atoms with Crippen molar-refractivity contribution < 1.29 is 19.1 Å². The van der Waals surface area contributed by atoms with E-state index in [-0.39, 0.29) is 11.9 Å². The number of benzene rings is 1. The third-order valence-electron chi connectivity index (χ3n) is 3.24. The quantitative estimate of drug-likeness (QED) is 0.708. The van der Waals surface area contributed by atoms with E-state index in [2.05, 4.69) is 5.32 Å². The Kier molecular flexibility index (Phi) is 8.22. The second-order valence-corrected chi connectivity index (χ2v) is 4.87. The van der Waals surface area contributed by atoms with Gasteiger partial charge in [-0.3, -0.25) is 14.9 Å². The van der Waals surface area contributed by atoms with Crippen LogP contribution in [0.15, 0.2) is 30.3 Å². The lowest BCUT2D eigenvalue weighted by Crippen LogP contribution is -2.49. The summed E-state index contributed by atoms with van der Waals surface area (Å²) in [6, 6.07) is 8.55. The molecule has 0 heterocycles. The first-order valence-corrected chi connectivity index (χ1v) is 7.75. The number of nitrogens with one attached hydrogen (secondary N) is 1. The minimum absolute atomic E-state index is 0.308. The number of carbonyl (C=O) groups excluding carboxylic acids is 2. The van der Waals surface area contributed by atoms with Crippen molar-refractivity contribution in [2.75, 3.05) is 13.2 Å². The molecule has 0 amide bonds. The van der Waals surface area contributed by atoms with Gasteiger partial charge in [0.15, 0.2) is 0 Å². The van der Waals surface area contributed by atoms with E-state index in [4.69, 9.17) is 9.47 Å². The van der Waals surface area contributed by atoms with E-state index in [1.54, 1.807) is 13.8 Å². The molecule has 0 aliphatic rings. The van der Waals surface area contributed by atoms with Gasteiger partial charge in [-0.05, 0) is 32.3 Å². The highest BCUT2D eigenvalue weighted by molar-refractivity contribution is 5.79. The number of rotatable bonds is 9. The molecule has 0 aliphatic heterocycles. The Labute approximate surface area is 132 Å². The normalized spacial score (nSPS) is 13.2. The summed E-state index contributed by atoms with van der Waals surface area (Å²) < 4.78 is 10.1. The molecular weight excluding hydrogens is 282 g/mol. The van der Waals surface area contributed by atoms with E-state index in [1.165, 1.54) is 0 Å². The van der Waals surface area contributed by atoms with E-state index < -0.39 is 12.1 Å². The van der Waals surface area contributed by atoms with E-state index in [0.717, 1.165) is 5.56 Å². The van der Waals surface area contributed by atoms with Crippen molar-refractivity contribution in [2.45, 2.75) is 45.7 Å². The fourth-order valence-corrected chi connectivity index (χ4v) is 2.14. The average molecular weight is 307 g/mol. The number of esters is 2. The molecule has 1 unspecified atom stereocenters. The van der Waals surface area contributed by atoms with Gasteiger partial charge in [-0.25, -0.2) is 0 Å². The molecule has 0 fully saturated rings. The molecule has 0 bridgehead atoms. The summed E-state index contributed by atoms with van der Waals surface area (Å²) in [7, 11) is 0. The minimum Gasteiger partial charge on any atom is -0.465 e. The van der Waals surface area contributed by atoms with Crippen LogP contribution in [0, 0.1) is 0 Å². The molecule has 122 valence electrons. The van der Waals surface area contributed by atoms with Crippen LogP contribution in [-0.2, 0) is 25.5 Å². The van der Waals surface area contributed by atoms with Gasteiger partial charge in [0.2, 0.25) is 0 Å². The molecule has 1 aromatic rings. The molecular formula is C17H25NO4. The zero-order valence-electron chi connectivity index (χ0n) is 13.5. The van der Waals surface area contributed by atoms with Crippen LogP contribution >= 0.6 is 0 Å². The maximum atomic E-state index is 12.1. The van der Waals surface area contributed by atoms with Gasteiger partial charge in [0, 0.05) is 0 Å². The molecule has 1 rings (SSSR count). The summed E-state index contributed by atoms with van der Waals surface area (Å²) >= 11 is 0. The molecule has 1 N–H and O–H groups in total. The van der Waals surface area contributed by atoms with E-state index >= 15 is 0 Å². The maximum Gasteiger partial charge on any atom is 0.323 e. The van der Waals surface area contributed by atoms with Gasteiger partial charge in [-0.15, -0.1) is 0 Å². The average Bonchev–Trinajstić information content (AvgIpc) is 2.52. The third kappa shape index (κ3) is 5.85. The maximum absolute atomic E-state index is 12.1. The number of carbonyl (C=O) groups is 2. The van der Waals surface area contributed by atoms with Crippen LogP contribution in [0.5, 0.6) is 0 Å². The van der Waals surface area contributed by atoms with Gasteiger partial charge in [0.25, 0.3) is 0 Å². The van der Waals surface area contributed by atoms with Gasteiger partial charge >= 0.3 is 11.9 Å². The fourth-order valence-electron chi connectivity index (χ4n) is 2.14. The second-order valence-electron chi connectivity index (χ2n) is 4.87. The molecule has 0 aromatic heterocycles. The topological polar surface area (TPSA) is 64.6 Å². The minimum atomic E-state index is -0.572. The van der Waals surface area contributed by atoms with Crippen molar-refractivity contribution in [1.82, 2.24) is 5.32 Å². The summed E-state index contributed by atoms with van der Waals surface area (Å²) in [6.45, 7) is 6.03. The highest BCUT2D eigenvalue weighted by atomic mass is 16.5. The highest BCUT2D eigenvalue weighted by Crippen LogP contribution is 2.07. The van der Waals surface area contributed by atoms with Gasteiger partial charge in [-0.2, -0.15) is 0 Å². The van der Waals surface area contributed by atoms with Crippen molar-refractivity contribution >= 4 is 11.9 Å². The summed E-state index contributed by atoms with van der Waals surface area (Å²) in [5, 5.41) is 3.07. The predicted octanol–water partition coefficient (Wildman–Crippen LogP) is 2.09. The molecule has 0 saturated carbocycles. The summed E-state index contributed by atoms with van der Waals surface area (Å²) in [4.78, 5) is 24.0. The molecule has 0 saturated heterocycles. The van der Waals surface area contributed by atoms with Crippen molar-refractivity contribution in [3.63, 3.8) is 0 Å². The van der Waals surface area contributed by atoms with E-state index in [9.17, 15) is 9.59 Å². The van der Waals surface area contributed by atoms with Gasteiger partial charge < -0.3 is 9.47 Å². The fraction of sp³-hybridized carbons (Fsp3) is 0.529. The predicted molar refractivity (Wildman–Crippen MR) is 84.4 cm³/mol. The Morgan fingerprint density at radius 2 is 1.50 bits per heavy atom. The number of hydrogen-bond donors (Lipinski definition) is 1. The Morgan fingerprint density at radius 3 is 2.00 bits per heavy atom. The summed E-state index contributed by atoms with van der Waals surface area (Å²) in [6.07, 6.45) is 1.01. The van der Waals surface area contributed by atoms with Gasteiger partial charge in [0.1, 0.15) is 12.1 Å². The second kappa shape index (κ2) is 9.95. The van der Waals surface area contributed by atoms with Crippen LogP contribution in [0.2, 0.25) is 0 Å². The molecule has 5 nitrogen and oxygen atoms in total. The van der Waals surface area contributed by atoms with Gasteiger partial charge in [-0.1, -0.05) is 37.3 Å². The Balaban J connectivity index is 2.80. The first-order valence-electron chi connectivity index (χ1n) is 7.75. The Hall–Kier alpha value is -1.88. The van der Waals surface area contributed by atoms with Crippen molar-refractivity contribution in [3.05, 3.63) is 35.9 Å². The van der Waals surface area contributed by atoms with E-state index in [1.807, 2.05) is 37.3 Å². The summed E-state index contributed by atoms with van der Waals surface area (Å²) in [5.74, 6) is -0.693. The highest BCUT2D eigenvalue weighted by Gasteiger charge is 2.27. The first-order chi connectivity index (χ1) is 10.6. The summed E-state index contributed by atoms with van der Waals surface area (Å²) in [5.41, 5.74) is 1.01. The first kappa shape index (κ1) is 18.2. The largest absolute Gasteiger partial charge is 0.465 e. The van der Waals surface area contributed by atoms with Crippen molar-refractivity contribution in [3.8, 4) is 0 Å².